The van der Waals surface area contributed by atoms with Gasteiger partial charge in [0.2, 0.25) is 0 Å². The van der Waals surface area contributed by atoms with Crippen LogP contribution in [-0.2, 0) is 47.7 Å². The number of nitrogens with zero attached hydrogens (tertiary/aromatic N) is 2. The number of benzene rings is 2. The molecule has 0 aliphatic carbocycles. The third-order valence-electron chi connectivity index (χ3n) is 6.21. The zero-order chi connectivity index (χ0) is 32.0. The van der Waals surface area contributed by atoms with Crippen LogP contribution in [0.4, 0.5) is 5.69 Å². The molecule has 0 spiro atoms. The molecule has 0 N–H and O–H groups in total. The molecule has 2 aliphatic heterocycles. The Morgan fingerprint density at radius 2 is 1.45 bits per heavy atom. The summed E-state index contributed by atoms with van der Waals surface area (Å²) in [6, 6.07) is 15.6. The lowest BCUT2D eigenvalue weighted by Gasteiger charge is -2.44. The van der Waals surface area contributed by atoms with Gasteiger partial charge in [0.1, 0.15) is 18.4 Å². The normalized spacial score (nSPS) is 24.0. The van der Waals surface area contributed by atoms with Crippen molar-refractivity contribution in [3.05, 3.63) is 70.9 Å². The molecule has 2 aliphatic rings. The number of thioether (sulfide) groups is 1. The number of carbonyl (C=O) groups is 5. The number of hydrogen-bond acceptors (Lipinski definition) is 12. The number of para-hydroxylation sites is 1. The van der Waals surface area contributed by atoms with Crippen molar-refractivity contribution in [2.45, 2.75) is 57.5 Å². The van der Waals surface area contributed by atoms with E-state index < -0.39 is 59.6 Å². The number of ether oxygens (including phenoxy) is 5. The van der Waals surface area contributed by atoms with Gasteiger partial charge in [-0.1, -0.05) is 59.8 Å². The average Bonchev–Trinajstić information content (AvgIpc) is 3.25. The molecule has 1 saturated heterocycles. The minimum absolute atomic E-state index is 0.0649. The van der Waals surface area contributed by atoms with E-state index >= 15 is 0 Å². The number of amides is 1. The zero-order valence-corrected chi connectivity index (χ0v) is 25.7. The van der Waals surface area contributed by atoms with E-state index in [2.05, 4.69) is 4.99 Å². The van der Waals surface area contributed by atoms with Crippen LogP contribution in [0.15, 0.2) is 65.3 Å². The first-order valence-corrected chi connectivity index (χ1v) is 14.6. The minimum atomic E-state index is -1.37. The molecule has 1 amide bonds. The van der Waals surface area contributed by atoms with Gasteiger partial charge in [-0.3, -0.25) is 28.9 Å². The molecule has 0 radical (unpaired) electrons. The Labute approximate surface area is 262 Å². The Morgan fingerprint density at radius 3 is 2.07 bits per heavy atom. The predicted molar refractivity (Wildman–Crippen MR) is 160 cm³/mol. The highest BCUT2D eigenvalue weighted by Crippen LogP contribution is 2.39. The van der Waals surface area contributed by atoms with E-state index in [1.807, 2.05) is 0 Å². The maximum absolute atomic E-state index is 13.7. The van der Waals surface area contributed by atoms with Gasteiger partial charge in [-0.15, -0.1) is 0 Å². The van der Waals surface area contributed by atoms with Crippen molar-refractivity contribution >= 4 is 70.1 Å². The summed E-state index contributed by atoms with van der Waals surface area (Å²) >= 11 is 7.24. The molecule has 44 heavy (non-hydrogen) atoms. The SMILES string of the molecule is CC(=O)OC[C@H]1O[C@H](SC2=N/C(=C\c3ccccc3Cl)C(=O)N2c2ccccc2)[C@H](OC(C)=O)[C@@H](OC(C)=O)[C@@H]1OC(C)=O. The molecular weight excluding hydrogens is 616 g/mol. The number of carbonyl (C=O) groups excluding carboxylic acids is 5. The van der Waals surface area contributed by atoms with E-state index in [0.29, 0.717) is 16.3 Å². The summed E-state index contributed by atoms with van der Waals surface area (Å²) in [7, 11) is 0. The molecule has 1 fully saturated rings. The Bertz CT molecular complexity index is 1500. The van der Waals surface area contributed by atoms with Crippen LogP contribution in [0.1, 0.15) is 33.3 Å². The van der Waals surface area contributed by atoms with Crippen LogP contribution in [-0.4, -0.2) is 71.4 Å². The molecular formula is C30H29ClN2O10S. The first-order valence-electron chi connectivity index (χ1n) is 13.4. The van der Waals surface area contributed by atoms with Gasteiger partial charge in [0, 0.05) is 32.7 Å². The van der Waals surface area contributed by atoms with Crippen LogP contribution in [0.5, 0.6) is 0 Å². The number of hydrogen-bond donors (Lipinski definition) is 0. The molecule has 5 atom stereocenters. The molecule has 12 nitrogen and oxygen atoms in total. The monoisotopic (exact) mass is 644 g/mol. The standard InChI is InChI=1S/C30H29ClN2O10S/c1-16(34)39-15-24-25(40-17(2)35)26(41-18(3)36)27(42-19(4)37)29(43-24)44-30-32-23(14-20-10-8-9-13-22(20)31)28(38)33(30)21-11-6-5-7-12-21/h5-14,24-27,29H,15H2,1-4H3/b23-14-/t24-,25-,26+,27-,29-/m1/s1. The highest BCUT2D eigenvalue weighted by Gasteiger charge is 2.53. The first kappa shape index (κ1) is 32.7. The van der Waals surface area contributed by atoms with E-state index in [-0.39, 0.29) is 17.5 Å². The van der Waals surface area contributed by atoms with Crippen LogP contribution < -0.4 is 4.90 Å². The van der Waals surface area contributed by atoms with Crippen LogP contribution in [0.2, 0.25) is 5.02 Å². The molecule has 4 rings (SSSR count). The molecule has 0 unspecified atom stereocenters. The van der Waals surface area contributed by atoms with Crippen molar-refractivity contribution in [3.8, 4) is 0 Å². The van der Waals surface area contributed by atoms with Gasteiger partial charge < -0.3 is 23.7 Å². The number of halogens is 1. The smallest absolute Gasteiger partial charge is 0.303 e. The van der Waals surface area contributed by atoms with Crippen molar-refractivity contribution in [1.29, 1.82) is 0 Å². The Balaban J connectivity index is 1.79. The van der Waals surface area contributed by atoms with Gasteiger partial charge in [-0.05, 0) is 29.8 Å². The van der Waals surface area contributed by atoms with Crippen molar-refractivity contribution in [2.24, 2.45) is 4.99 Å². The molecule has 0 bridgehead atoms. The van der Waals surface area contributed by atoms with E-state index in [4.69, 9.17) is 35.3 Å². The Morgan fingerprint density at radius 1 is 0.864 bits per heavy atom. The summed E-state index contributed by atoms with van der Waals surface area (Å²) in [6.07, 6.45) is -3.64. The lowest BCUT2D eigenvalue weighted by atomic mass is 9.99. The summed E-state index contributed by atoms with van der Waals surface area (Å²) in [5.74, 6) is -3.35. The average molecular weight is 645 g/mol. The van der Waals surface area contributed by atoms with Crippen LogP contribution >= 0.6 is 23.4 Å². The predicted octanol–water partition coefficient (Wildman–Crippen LogP) is 3.90. The van der Waals surface area contributed by atoms with Gasteiger partial charge in [0.05, 0.1) is 5.69 Å². The molecule has 2 aromatic carbocycles. The fourth-order valence-electron chi connectivity index (χ4n) is 4.51. The van der Waals surface area contributed by atoms with E-state index in [9.17, 15) is 24.0 Å². The number of amidine groups is 1. The molecule has 0 aromatic heterocycles. The van der Waals surface area contributed by atoms with Gasteiger partial charge in [0.25, 0.3) is 5.91 Å². The maximum Gasteiger partial charge on any atom is 0.303 e. The van der Waals surface area contributed by atoms with Crippen LogP contribution in [0.3, 0.4) is 0 Å². The second-order valence-corrected chi connectivity index (χ2v) is 11.1. The van der Waals surface area contributed by atoms with Gasteiger partial charge in [0.15, 0.2) is 28.9 Å². The molecule has 0 saturated carbocycles. The maximum atomic E-state index is 13.7. The van der Waals surface area contributed by atoms with Crippen molar-refractivity contribution < 1.29 is 47.7 Å². The van der Waals surface area contributed by atoms with E-state index in [1.54, 1.807) is 60.7 Å². The zero-order valence-electron chi connectivity index (χ0n) is 24.1. The summed E-state index contributed by atoms with van der Waals surface area (Å²) < 4.78 is 27.9. The topological polar surface area (TPSA) is 147 Å². The number of aliphatic imine (C=N–C) groups is 1. The van der Waals surface area contributed by atoms with Gasteiger partial charge in [-0.2, -0.15) is 0 Å². The van der Waals surface area contributed by atoms with E-state index in [1.165, 1.54) is 11.8 Å². The minimum Gasteiger partial charge on any atom is -0.463 e. The number of anilines is 1. The third-order valence-corrected chi connectivity index (χ3v) is 7.65. The number of rotatable bonds is 8. The van der Waals surface area contributed by atoms with Gasteiger partial charge in [-0.25, -0.2) is 4.99 Å². The van der Waals surface area contributed by atoms with Gasteiger partial charge >= 0.3 is 23.9 Å². The van der Waals surface area contributed by atoms with Crippen molar-refractivity contribution in [3.63, 3.8) is 0 Å². The summed E-state index contributed by atoms with van der Waals surface area (Å²) in [5.41, 5.74) is -0.0760. The summed E-state index contributed by atoms with van der Waals surface area (Å²) in [4.78, 5) is 67.8. The first-order chi connectivity index (χ1) is 20.9. The quantitative estimate of drug-likeness (QED) is 0.234. The fourth-order valence-corrected chi connectivity index (χ4v) is 5.89. The molecule has 14 heteroatoms. The largest absolute Gasteiger partial charge is 0.463 e. The van der Waals surface area contributed by atoms with Crippen LogP contribution in [0.25, 0.3) is 6.08 Å². The second-order valence-electron chi connectivity index (χ2n) is 9.61. The molecule has 2 heterocycles. The summed E-state index contributed by atoms with van der Waals surface area (Å²) in [6.45, 7) is 4.22. The second kappa shape index (κ2) is 14.5. The van der Waals surface area contributed by atoms with Crippen molar-refractivity contribution in [1.82, 2.24) is 0 Å². The summed E-state index contributed by atoms with van der Waals surface area (Å²) in [5, 5.41) is 0.551. The Kier molecular flexibility index (Phi) is 10.8. The van der Waals surface area contributed by atoms with Crippen LogP contribution in [0, 0.1) is 0 Å². The fraction of sp³-hybridized carbons (Fsp3) is 0.333. The van der Waals surface area contributed by atoms with Crippen molar-refractivity contribution in [2.75, 3.05) is 11.5 Å². The lowest BCUT2D eigenvalue weighted by molar-refractivity contribution is -0.237. The molecule has 232 valence electrons. The highest BCUT2D eigenvalue weighted by atomic mass is 35.5. The van der Waals surface area contributed by atoms with E-state index in [0.717, 1.165) is 32.5 Å². The highest BCUT2D eigenvalue weighted by molar-refractivity contribution is 8.14. The molecule has 2 aromatic rings. The third kappa shape index (κ3) is 8.04. The Hall–Kier alpha value is -4.20. The lowest BCUT2D eigenvalue weighted by Crippen LogP contribution is -2.61. The number of esters is 4.